The van der Waals surface area contributed by atoms with Crippen LogP contribution in [0.5, 0.6) is 0 Å². The van der Waals surface area contributed by atoms with Crippen LogP contribution in [0.15, 0.2) is 60.8 Å². The lowest BCUT2D eigenvalue weighted by molar-refractivity contribution is 0.0984. The Bertz CT molecular complexity index is 768. The summed E-state index contributed by atoms with van der Waals surface area (Å²) in [6.07, 6.45) is 1.38. The number of carbonyl (C=O) groups excluding carboxylic acids is 1. The van der Waals surface area contributed by atoms with Crippen molar-refractivity contribution >= 4 is 5.78 Å². The molecule has 1 heterocycles. The number of halogens is 1. The normalized spacial score (nSPS) is 10.5. The van der Waals surface area contributed by atoms with Crippen molar-refractivity contribution in [3.8, 4) is 5.69 Å². The first-order valence-electron chi connectivity index (χ1n) is 6.48. The summed E-state index contributed by atoms with van der Waals surface area (Å²) in [5, 5.41) is 7.71. The Labute approximate surface area is 120 Å². The second-order valence-electron chi connectivity index (χ2n) is 4.56. The molecule has 0 fully saturated rings. The predicted octanol–water partition coefficient (Wildman–Crippen LogP) is 2.83. The molecular weight excluding hydrogens is 269 g/mol. The monoisotopic (exact) mass is 281 g/mol. The molecule has 0 saturated carbocycles. The van der Waals surface area contributed by atoms with Crippen molar-refractivity contribution in [2.75, 3.05) is 0 Å². The van der Waals surface area contributed by atoms with Gasteiger partial charge in [0.05, 0.1) is 11.9 Å². The molecule has 0 atom stereocenters. The molecule has 0 radical (unpaired) electrons. The van der Waals surface area contributed by atoms with E-state index in [2.05, 4.69) is 10.3 Å². The Balaban J connectivity index is 1.90. The smallest absolute Gasteiger partial charge is 0.187 e. The Morgan fingerprint density at radius 3 is 2.52 bits per heavy atom. The molecule has 0 aliphatic heterocycles. The van der Waals surface area contributed by atoms with Crippen molar-refractivity contribution in [3.05, 3.63) is 77.9 Å². The van der Waals surface area contributed by atoms with E-state index >= 15 is 0 Å². The first-order valence-corrected chi connectivity index (χ1v) is 6.48. The molecule has 0 amide bonds. The lowest BCUT2D eigenvalue weighted by Gasteiger charge is -2.06. The molecule has 0 N–H and O–H groups in total. The summed E-state index contributed by atoms with van der Waals surface area (Å²) in [5.41, 5.74) is 1.44. The van der Waals surface area contributed by atoms with E-state index in [0.29, 0.717) is 11.3 Å². The quantitative estimate of drug-likeness (QED) is 0.691. The summed E-state index contributed by atoms with van der Waals surface area (Å²) < 4.78 is 15.1. The number of para-hydroxylation sites is 1. The highest BCUT2D eigenvalue weighted by Gasteiger charge is 2.16. The molecule has 0 aliphatic rings. The molecule has 104 valence electrons. The highest BCUT2D eigenvalue weighted by Crippen LogP contribution is 2.13. The summed E-state index contributed by atoms with van der Waals surface area (Å²) in [6.45, 7) is 0. The van der Waals surface area contributed by atoms with Crippen molar-refractivity contribution in [1.29, 1.82) is 0 Å². The van der Waals surface area contributed by atoms with Crippen LogP contribution in [-0.2, 0) is 6.42 Å². The maximum absolute atomic E-state index is 13.6. The SMILES string of the molecule is O=C(Cc1ccccc1F)c1cnnn1-c1ccccc1. The molecule has 2 aromatic carbocycles. The van der Waals surface area contributed by atoms with E-state index in [1.54, 1.807) is 18.2 Å². The summed E-state index contributed by atoms with van der Waals surface area (Å²) in [6, 6.07) is 15.5. The fourth-order valence-electron chi connectivity index (χ4n) is 2.09. The van der Waals surface area contributed by atoms with Crippen LogP contribution < -0.4 is 0 Å². The van der Waals surface area contributed by atoms with Crippen molar-refractivity contribution in [1.82, 2.24) is 15.0 Å². The third-order valence-electron chi connectivity index (χ3n) is 3.14. The van der Waals surface area contributed by atoms with E-state index in [1.807, 2.05) is 30.3 Å². The molecule has 0 saturated heterocycles. The average Bonchev–Trinajstić information content (AvgIpc) is 3.00. The third kappa shape index (κ3) is 2.72. The highest BCUT2D eigenvalue weighted by molar-refractivity contribution is 5.96. The molecule has 0 spiro atoms. The lowest BCUT2D eigenvalue weighted by atomic mass is 10.1. The Hall–Kier alpha value is -2.82. The van der Waals surface area contributed by atoms with Gasteiger partial charge in [0.15, 0.2) is 5.78 Å². The number of carbonyl (C=O) groups is 1. The molecule has 3 rings (SSSR count). The van der Waals surface area contributed by atoms with Gasteiger partial charge in [-0.2, -0.15) is 0 Å². The lowest BCUT2D eigenvalue weighted by Crippen LogP contribution is -2.12. The Kier molecular flexibility index (Phi) is 3.55. The second-order valence-corrected chi connectivity index (χ2v) is 4.56. The van der Waals surface area contributed by atoms with Crippen LogP contribution >= 0.6 is 0 Å². The van der Waals surface area contributed by atoms with Gasteiger partial charge >= 0.3 is 0 Å². The first kappa shape index (κ1) is 13.2. The van der Waals surface area contributed by atoms with E-state index in [0.717, 1.165) is 5.69 Å². The maximum atomic E-state index is 13.6. The van der Waals surface area contributed by atoms with E-state index in [9.17, 15) is 9.18 Å². The molecule has 4 nitrogen and oxygen atoms in total. The second kappa shape index (κ2) is 5.66. The van der Waals surface area contributed by atoms with E-state index in [4.69, 9.17) is 0 Å². The fraction of sp³-hybridized carbons (Fsp3) is 0.0625. The topological polar surface area (TPSA) is 47.8 Å². The van der Waals surface area contributed by atoms with Gasteiger partial charge in [-0.25, -0.2) is 9.07 Å². The molecular formula is C16H12FN3O. The van der Waals surface area contributed by atoms with Gasteiger partial charge in [-0.15, -0.1) is 5.10 Å². The van der Waals surface area contributed by atoms with Crippen LogP contribution in [0.25, 0.3) is 5.69 Å². The molecule has 0 bridgehead atoms. The van der Waals surface area contributed by atoms with Crippen molar-refractivity contribution in [2.24, 2.45) is 0 Å². The largest absolute Gasteiger partial charge is 0.292 e. The number of aromatic nitrogens is 3. The van der Waals surface area contributed by atoms with Crippen LogP contribution in [0.3, 0.4) is 0 Å². The number of benzene rings is 2. The molecule has 5 heteroatoms. The van der Waals surface area contributed by atoms with Crippen LogP contribution in [-0.4, -0.2) is 20.8 Å². The fourth-order valence-corrected chi connectivity index (χ4v) is 2.09. The zero-order valence-corrected chi connectivity index (χ0v) is 11.1. The average molecular weight is 281 g/mol. The molecule has 1 aromatic heterocycles. The van der Waals surface area contributed by atoms with Gasteiger partial charge in [0.2, 0.25) is 0 Å². The van der Waals surface area contributed by atoms with Crippen molar-refractivity contribution in [3.63, 3.8) is 0 Å². The van der Waals surface area contributed by atoms with Gasteiger partial charge < -0.3 is 0 Å². The van der Waals surface area contributed by atoms with Crippen molar-refractivity contribution in [2.45, 2.75) is 6.42 Å². The van der Waals surface area contributed by atoms with E-state index in [1.165, 1.54) is 16.9 Å². The summed E-state index contributed by atoms with van der Waals surface area (Å²) in [4.78, 5) is 12.4. The zero-order valence-electron chi connectivity index (χ0n) is 11.1. The maximum Gasteiger partial charge on any atom is 0.187 e. The van der Waals surface area contributed by atoms with Gasteiger partial charge in [0.25, 0.3) is 0 Å². The molecule has 3 aromatic rings. The molecule has 0 unspecified atom stereocenters. The minimum absolute atomic E-state index is 0.0210. The summed E-state index contributed by atoms with van der Waals surface area (Å²) >= 11 is 0. The minimum Gasteiger partial charge on any atom is -0.292 e. The minimum atomic E-state index is -0.385. The number of rotatable bonds is 4. The van der Waals surface area contributed by atoms with Crippen LogP contribution in [0.2, 0.25) is 0 Å². The molecule has 0 aliphatic carbocycles. The number of ketones is 1. The van der Waals surface area contributed by atoms with Crippen LogP contribution in [0.4, 0.5) is 4.39 Å². The van der Waals surface area contributed by atoms with E-state index < -0.39 is 0 Å². The highest BCUT2D eigenvalue weighted by atomic mass is 19.1. The number of hydrogen-bond donors (Lipinski definition) is 0. The predicted molar refractivity (Wildman–Crippen MR) is 75.8 cm³/mol. The zero-order chi connectivity index (χ0) is 14.7. The van der Waals surface area contributed by atoms with Gasteiger partial charge in [0, 0.05) is 6.42 Å². The number of hydrogen-bond acceptors (Lipinski definition) is 3. The van der Waals surface area contributed by atoms with Gasteiger partial charge in [-0.05, 0) is 23.8 Å². The van der Waals surface area contributed by atoms with Gasteiger partial charge in [-0.3, -0.25) is 4.79 Å². The summed E-state index contributed by atoms with van der Waals surface area (Å²) in [5.74, 6) is -0.612. The first-order chi connectivity index (χ1) is 10.3. The Morgan fingerprint density at radius 2 is 1.76 bits per heavy atom. The number of nitrogens with zero attached hydrogens (tertiary/aromatic N) is 3. The van der Waals surface area contributed by atoms with E-state index in [-0.39, 0.29) is 18.0 Å². The number of Topliss-reactive ketones (excluding diaryl/α,β-unsaturated/α-hetero) is 1. The van der Waals surface area contributed by atoms with Crippen molar-refractivity contribution < 1.29 is 9.18 Å². The van der Waals surface area contributed by atoms with Gasteiger partial charge in [0.1, 0.15) is 11.5 Å². The van der Waals surface area contributed by atoms with Crippen LogP contribution in [0, 0.1) is 5.82 Å². The Morgan fingerprint density at radius 1 is 1.05 bits per heavy atom. The third-order valence-corrected chi connectivity index (χ3v) is 3.14. The van der Waals surface area contributed by atoms with Gasteiger partial charge in [-0.1, -0.05) is 41.6 Å². The van der Waals surface area contributed by atoms with Crippen LogP contribution in [0.1, 0.15) is 16.1 Å². The molecule has 21 heavy (non-hydrogen) atoms. The standard InChI is InChI=1S/C16H12FN3O/c17-14-9-5-4-6-12(14)10-16(21)15-11-18-19-20(15)13-7-2-1-3-8-13/h1-9,11H,10H2. The summed E-state index contributed by atoms with van der Waals surface area (Å²) in [7, 11) is 0.